The van der Waals surface area contributed by atoms with Gasteiger partial charge in [-0.2, -0.15) is 0 Å². The maximum Gasteiger partial charge on any atom is 0.311 e. The predicted molar refractivity (Wildman–Crippen MR) is 101 cm³/mol. The molecule has 0 spiro atoms. The van der Waals surface area contributed by atoms with Gasteiger partial charge in [0.05, 0.1) is 19.1 Å². The first-order chi connectivity index (χ1) is 12.6. The molecular formula is C21H34N2O3. The van der Waals surface area contributed by atoms with Gasteiger partial charge in [-0.25, -0.2) is 0 Å². The second-order valence-electron chi connectivity index (χ2n) is 9.00. The number of esters is 1. The van der Waals surface area contributed by atoms with E-state index >= 15 is 0 Å². The van der Waals surface area contributed by atoms with Crippen LogP contribution in [0.3, 0.4) is 0 Å². The molecule has 26 heavy (non-hydrogen) atoms. The van der Waals surface area contributed by atoms with Crippen molar-refractivity contribution in [2.75, 3.05) is 45.9 Å². The molecule has 0 unspecified atom stereocenters. The molecule has 0 aromatic rings. The molecule has 0 bridgehead atoms. The fraction of sp³-hybridized carbons (Fsp3) is 0.857. The van der Waals surface area contributed by atoms with Gasteiger partial charge < -0.3 is 14.8 Å². The Bertz CT molecular complexity index is 557. The van der Waals surface area contributed by atoms with Crippen molar-refractivity contribution in [3.8, 4) is 0 Å². The van der Waals surface area contributed by atoms with E-state index in [2.05, 4.69) is 30.1 Å². The molecule has 0 radical (unpaired) electrons. The van der Waals surface area contributed by atoms with Crippen LogP contribution in [0.15, 0.2) is 11.6 Å². The number of rotatable bonds is 5. The summed E-state index contributed by atoms with van der Waals surface area (Å²) in [6.45, 7) is 11.1. The zero-order valence-corrected chi connectivity index (χ0v) is 16.3. The van der Waals surface area contributed by atoms with Crippen molar-refractivity contribution in [1.82, 2.24) is 10.2 Å². The molecule has 0 aromatic carbocycles. The molecule has 2 aliphatic carbocycles. The summed E-state index contributed by atoms with van der Waals surface area (Å²) in [6.07, 6.45) is 7.38. The lowest BCUT2D eigenvalue weighted by atomic mass is 9.59. The first kappa shape index (κ1) is 18.5. The van der Waals surface area contributed by atoms with E-state index in [1.807, 2.05) is 0 Å². The predicted octanol–water partition coefficient (Wildman–Crippen LogP) is 2.22. The van der Waals surface area contributed by atoms with Gasteiger partial charge >= 0.3 is 5.97 Å². The smallest absolute Gasteiger partial charge is 0.311 e. The molecule has 1 N–H and O–H groups in total. The summed E-state index contributed by atoms with van der Waals surface area (Å²) >= 11 is 0. The van der Waals surface area contributed by atoms with Crippen LogP contribution in [0.4, 0.5) is 0 Å². The van der Waals surface area contributed by atoms with Crippen LogP contribution in [0.25, 0.3) is 0 Å². The molecule has 146 valence electrons. The fourth-order valence-electron chi connectivity index (χ4n) is 5.60. The number of fused-ring (bicyclic) bond motifs is 2. The van der Waals surface area contributed by atoms with Gasteiger partial charge in [-0.15, -0.1) is 0 Å². The third kappa shape index (κ3) is 3.58. The minimum Gasteiger partial charge on any atom is -0.461 e. The van der Waals surface area contributed by atoms with E-state index in [1.165, 1.54) is 19.3 Å². The third-order valence-electron chi connectivity index (χ3n) is 7.15. The van der Waals surface area contributed by atoms with Crippen molar-refractivity contribution < 1.29 is 14.3 Å². The second-order valence-corrected chi connectivity index (χ2v) is 9.00. The van der Waals surface area contributed by atoms with Crippen LogP contribution in [-0.4, -0.2) is 62.9 Å². The highest BCUT2D eigenvalue weighted by molar-refractivity contribution is 5.76. The lowest BCUT2D eigenvalue weighted by Crippen LogP contribution is -2.42. The van der Waals surface area contributed by atoms with Crippen LogP contribution >= 0.6 is 0 Å². The third-order valence-corrected chi connectivity index (χ3v) is 7.15. The normalized spacial score (nSPS) is 40.5. The highest BCUT2D eigenvalue weighted by atomic mass is 16.6. The largest absolute Gasteiger partial charge is 0.461 e. The van der Waals surface area contributed by atoms with Gasteiger partial charge in [-0.05, 0) is 30.6 Å². The van der Waals surface area contributed by atoms with Gasteiger partial charge in [0.1, 0.15) is 6.10 Å². The number of morpholine rings is 1. The SMILES string of the molecule is C[C@H]1CCC[C@]2(C)C[C@H]3OC(=O)[C@H](CNCCN4CCOCC4)[C@H]3C=C12. The minimum absolute atomic E-state index is 0.00521. The van der Waals surface area contributed by atoms with E-state index in [9.17, 15) is 4.79 Å². The van der Waals surface area contributed by atoms with Gasteiger partial charge in [0.2, 0.25) is 0 Å². The molecule has 2 heterocycles. The highest BCUT2D eigenvalue weighted by Gasteiger charge is 2.51. The van der Waals surface area contributed by atoms with Crippen molar-refractivity contribution in [3.05, 3.63) is 11.6 Å². The van der Waals surface area contributed by atoms with E-state index in [0.717, 1.165) is 52.4 Å². The van der Waals surface area contributed by atoms with E-state index < -0.39 is 0 Å². The van der Waals surface area contributed by atoms with E-state index in [1.54, 1.807) is 5.57 Å². The summed E-state index contributed by atoms with van der Waals surface area (Å²) in [7, 11) is 0. The van der Waals surface area contributed by atoms with Crippen LogP contribution in [0.1, 0.15) is 39.5 Å². The minimum atomic E-state index is -0.0177. The number of carbonyl (C=O) groups is 1. The summed E-state index contributed by atoms with van der Waals surface area (Å²) in [5.41, 5.74) is 1.85. The molecule has 3 fully saturated rings. The fourth-order valence-corrected chi connectivity index (χ4v) is 5.60. The van der Waals surface area contributed by atoms with Crippen molar-refractivity contribution in [3.63, 3.8) is 0 Å². The maximum atomic E-state index is 12.5. The molecule has 0 aromatic heterocycles. The highest BCUT2D eigenvalue weighted by Crippen LogP contribution is 2.53. The molecule has 0 amide bonds. The molecule has 4 rings (SSSR count). The van der Waals surface area contributed by atoms with Gasteiger partial charge in [-0.1, -0.05) is 31.9 Å². The first-order valence-electron chi connectivity index (χ1n) is 10.5. The molecule has 5 atom stereocenters. The molecule has 5 heteroatoms. The van der Waals surface area contributed by atoms with Gasteiger partial charge in [0.15, 0.2) is 0 Å². The van der Waals surface area contributed by atoms with Gasteiger partial charge in [0, 0.05) is 38.6 Å². The molecule has 2 saturated heterocycles. The van der Waals surface area contributed by atoms with E-state index in [0.29, 0.717) is 5.92 Å². The molecule has 5 nitrogen and oxygen atoms in total. The Kier molecular flexibility index (Phi) is 5.40. The number of hydrogen-bond acceptors (Lipinski definition) is 5. The maximum absolute atomic E-state index is 12.5. The Balaban J connectivity index is 1.35. The standard InChI is InChI=1S/C21H34N2O3/c1-15-4-3-5-21(2)13-19-16(12-18(15)21)17(20(24)26-19)14-22-6-7-23-8-10-25-11-9-23/h12,15-17,19,22H,3-11,13-14H2,1-2H3/t15-,16+,17+,19+,21+/m0/s1. The molecule has 1 saturated carbocycles. The van der Waals surface area contributed by atoms with Crippen molar-refractivity contribution in [1.29, 1.82) is 0 Å². The molecule has 4 aliphatic rings. The summed E-state index contributed by atoms with van der Waals surface area (Å²) in [6, 6.07) is 0. The average molecular weight is 363 g/mol. The second kappa shape index (κ2) is 7.61. The Morgan fingerprint density at radius 2 is 2.15 bits per heavy atom. The van der Waals surface area contributed by atoms with Crippen LogP contribution < -0.4 is 5.32 Å². The lowest BCUT2D eigenvalue weighted by Gasteiger charge is -2.46. The Hall–Kier alpha value is -0.910. The zero-order valence-electron chi connectivity index (χ0n) is 16.3. The van der Waals surface area contributed by atoms with E-state index in [-0.39, 0.29) is 29.3 Å². The summed E-state index contributed by atoms with van der Waals surface area (Å²) in [4.78, 5) is 14.9. The number of nitrogens with one attached hydrogen (secondary N) is 1. The topological polar surface area (TPSA) is 50.8 Å². The Morgan fingerprint density at radius 3 is 2.96 bits per heavy atom. The Labute approximate surface area is 157 Å². The number of allylic oxidation sites excluding steroid dienone is 1. The molecular weight excluding hydrogens is 328 g/mol. The van der Waals surface area contributed by atoms with Gasteiger partial charge in [0.25, 0.3) is 0 Å². The van der Waals surface area contributed by atoms with Crippen LogP contribution in [0, 0.1) is 23.2 Å². The average Bonchev–Trinajstić information content (AvgIpc) is 2.92. The molecule has 2 aliphatic heterocycles. The first-order valence-corrected chi connectivity index (χ1v) is 10.5. The van der Waals surface area contributed by atoms with Crippen molar-refractivity contribution in [2.45, 2.75) is 45.6 Å². The van der Waals surface area contributed by atoms with Crippen molar-refractivity contribution >= 4 is 5.97 Å². The number of nitrogens with zero attached hydrogens (tertiary/aromatic N) is 1. The quantitative estimate of drug-likeness (QED) is 0.462. The summed E-state index contributed by atoms with van der Waals surface area (Å²) in [5.74, 6) is 0.906. The Morgan fingerprint density at radius 1 is 1.35 bits per heavy atom. The van der Waals surface area contributed by atoms with Crippen molar-refractivity contribution in [2.24, 2.45) is 23.2 Å². The van der Waals surface area contributed by atoms with Crippen LogP contribution in [-0.2, 0) is 14.3 Å². The number of carbonyl (C=O) groups excluding carboxylic acids is 1. The zero-order chi connectivity index (χ0) is 18.1. The number of hydrogen-bond donors (Lipinski definition) is 1. The number of ether oxygens (including phenoxy) is 2. The monoisotopic (exact) mass is 362 g/mol. The summed E-state index contributed by atoms with van der Waals surface area (Å²) < 4.78 is 11.2. The lowest BCUT2D eigenvalue weighted by molar-refractivity contribution is -0.145. The van der Waals surface area contributed by atoms with Crippen LogP contribution in [0.5, 0.6) is 0 Å². The summed E-state index contributed by atoms with van der Waals surface area (Å²) in [5, 5.41) is 3.52. The van der Waals surface area contributed by atoms with Gasteiger partial charge in [-0.3, -0.25) is 9.69 Å². The van der Waals surface area contributed by atoms with E-state index in [4.69, 9.17) is 9.47 Å². The van der Waals surface area contributed by atoms with Crippen LogP contribution in [0.2, 0.25) is 0 Å².